The first-order valence-electron chi connectivity index (χ1n) is 13.0. The van der Waals surface area contributed by atoms with Crippen molar-refractivity contribution in [1.29, 1.82) is 0 Å². The summed E-state index contributed by atoms with van der Waals surface area (Å²) in [5.74, 6) is 1.79. The van der Waals surface area contributed by atoms with Crippen molar-refractivity contribution < 1.29 is 4.74 Å². The van der Waals surface area contributed by atoms with Gasteiger partial charge in [0.1, 0.15) is 17.7 Å². The summed E-state index contributed by atoms with van der Waals surface area (Å²) in [5.41, 5.74) is 8.24. The number of nitrogens with zero attached hydrogens (tertiary/aromatic N) is 3. The van der Waals surface area contributed by atoms with Gasteiger partial charge in [-0.15, -0.1) is 0 Å². The summed E-state index contributed by atoms with van der Waals surface area (Å²) in [6, 6.07) is 10.3. The van der Waals surface area contributed by atoms with Gasteiger partial charge in [-0.25, -0.2) is 4.98 Å². The Balaban J connectivity index is 1.36. The number of benzene rings is 2. The molecule has 2 aliphatic rings. The molecule has 190 valence electrons. The number of rotatable bonds is 7. The zero-order valence-electron chi connectivity index (χ0n) is 21.9. The fourth-order valence-electron chi connectivity index (χ4n) is 5.27. The summed E-state index contributed by atoms with van der Waals surface area (Å²) < 4.78 is 6.69. The van der Waals surface area contributed by atoms with Crippen LogP contribution in [0.4, 0.5) is 0 Å². The Morgan fingerprint density at radius 1 is 1.00 bits per heavy atom. The van der Waals surface area contributed by atoms with E-state index in [9.17, 15) is 0 Å². The van der Waals surface area contributed by atoms with E-state index in [1.54, 1.807) is 5.57 Å². The maximum Gasteiger partial charge on any atom is 0.138 e. The number of aromatic amines is 1. The van der Waals surface area contributed by atoms with Crippen LogP contribution in [0.25, 0.3) is 22.4 Å². The summed E-state index contributed by atoms with van der Waals surface area (Å²) in [5, 5.41) is 0.723. The predicted octanol–water partition coefficient (Wildman–Crippen LogP) is 6.55. The quantitative estimate of drug-likeness (QED) is 0.370. The van der Waals surface area contributed by atoms with E-state index >= 15 is 0 Å². The molecule has 1 unspecified atom stereocenters. The van der Waals surface area contributed by atoms with Crippen LogP contribution in [0.5, 0.6) is 5.75 Å². The van der Waals surface area contributed by atoms with Gasteiger partial charge in [-0.2, -0.15) is 0 Å². The van der Waals surface area contributed by atoms with E-state index in [4.69, 9.17) is 21.3 Å². The predicted molar refractivity (Wildman–Crippen MR) is 150 cm³/mol. The van der Waals surface area contributed by atoms with Crippen molar-refractivity contribution in [3.63, 3.8) is 0 Å². The summed E-state index contributed by atoms with van der Waals surface area (Å²) in [6.45, 7) is 8.47. The molecule has 0 bridgehead atoms. The van der Waals surface area contributed by atoms with Crippen LogP contribution in [0.1, 0.15) is 36.8 Å². The molecule has 1 N–H and O–H groups in total. The smallest absolute Gasteiger partial charge is 0.138 e. The summed E-state index contributed by atoms with van der Waals surface area (Å²) in [6.07, 6.45) is 9.26. The lowest BCUT2D eigenvalue weighted by atomic mass is 9.94. The molecule has 0 saturated heterocycles. The van der Waals surface area contributed by atoms with Crippen molar-refractivity contribution in [3.05, 3.63) is 69.8 Å². The Labute approximate surface area is 219 Å². The van der Waals surface area contributed by atoms with Gasteiger partial charge in [0.25, 0.3) is 0 Å². The minimum Gasteiger partial charge on any atom is -0.486 e. The molecule has 0 spiro atoms. The van der Waals surface area contributed by atoms with E-state index in [0.29, 0.717) is 0 Å². The van der Waals surface area contributed by atoms with Crippen molar-refractivity contribution in [3.8, 4) is 17.1 Å². The molecule has 5 nitrogen and oxygen atoms in total. The molecular formula is C30H37ClN4O. The Morgan fingerprint density at radius 2 is 1.78 bits per heavy atom. The highest BCUT2D eigenvalue weighted by Crippen LogP contribution is 2.31. The highest BCUT2D eigenvalue weighted by atomic mass is 35.5. The molecule has 0 radical (unpaired) electrons. The normalized spacial score (nSPS) is 18.2. The third-order valence-corrected chi connectivity index (χ3v) is 7.79. The average Bonchev–Trinajstić information content (AvgIpc) is 3.27. The molecule has 3 aromatic rings. The van der Waals surface area contributed by atoms with Crippen molar-refractivity contribution in [2.24, 2.45) is 0 Å². The van der Waals surface area contributed by atoms with Gasteiger partial charge in [-0.05, 0) is 101 Å². The van der Waals surface area contributed by atoms with Crippen LogP contribution in [-0.2, 0) is 0 Å². The first kappa shape index (κ1) is 25.1. The van der Waals surface area contributed by atoms with Gasteiger partial charge >= 0.3 is 0 Å². The van der Waals surface area contributed by atoms with Crippen molar-refractivity contribution >= 4 is 22.6 Å². The van der Waals surface area contributed by atoms with E-state index < -0.39 is 0 Å². The van der Waals surface area contributed by atoms with E-state index in [1.165, 1.54) is 12.0 Å². The molecule has 1 aromatic heterocycles. The maximum absolute atomic E-state index is 6.69. The number of aryl methyl sites for hydroxylation is 2. The van der Waals surface area contributed by atoms with Crippen LogP contribution in [0.3, 0.4) is 0 Å². The Hall–Kier alpha value is -2.60. The van der Waals surface area contributed by atoms with Crippen LogP contribution in [0.15, 0.2) is 53.6 Å². The third kappa shape index (κ3) is 5.69. The van der Waals surface area contributed by atoms with Gasteiger partial charge in [0.2, 0.25) is 0 Å². The molecule has 0 saturated carbocycles. The van der Waals surface area contributed by atoms with E-state index in [2.05, 4.69) is 66.2 Å². The van der Waals surface area contributed by atoms with Gasteiger partial charge in [0, 0.05) is 36.8 Å². The zero-order chi connectivity index (χ0) is 25.2. The lowest BCUT2D eigenvalue weighted by molar-refractivity contribution is 0.211. The van der Waals surface area contributed by atoms with Crippen LogP contribution in [0.2, 0.25) is 5.02 Å². The molecule has 0 amide bonds. The van der Waals surface area contributed by atoms with Crippen molar-refractivity contribution in [2.45, 2.75) is 45.6 Å². The van der Waals surface area contributed by atoms with Crippen LogP contribution in [0, 0.1) is 13.8 Å². The molecule has 2 aliphatic heterocycles. The number of ether oxygens (including phenoxy) is 1. The molecule has 36 heavy (non-hydrogen) atoms. The Kier molecular flexibility index (Phi) is 7.52. The Bertz CT molecular complexity index is 1310. The highest BCUT2D eigenvalue weighted by Gasteiger charge is 2.21. The van der Waals surface area contributed by atoms with Crippen molar-refractivity contribution in [2.75, 3.05) is 40.3 Å². The molecule has 3 heterocycles. The maximum atomic E-state index is 6.69. The minimum atomic E-state index is 0.112. The van der Waals surface area contributed by atoms with E-state index in [1.807, 2.05) is 19.1 Å². The second-order valence-corrected chi connectivity index (χ2v) is 10.9. The van der Waals surface area contributed by atoms with Crippen LogP contribution >= 0.6 is 11.6 Å². The number of halogens is 1. The summed E-state index contributed by atoms with van der Waals surface area (Å²) >= 11 is 6.26. The molecule has 1 atom stereocenters. The second kappa shape index (κ2) is 10.8. The number of fused-ring (bicyclic) bond motifs is 1. The fourth-order valence-corrected chi connectivity index (χ4v) is 5.54. The topological polar surface area (TPSA) is 44.4 Å². The third-order valence-electron chi connectivity index (χ3n) is 7.57. The van der Waals surface area contributed by atoms with Crippen LogP contribution in [-0.4, -0.2) is 66.1 Å². The van der Waals surface area contributed by atoms with Gasteiger partial charge < -0.3 is 19.5 Å². The SMILES string of the molecule is Cc1cc(OC(CCC2=CCN(C)CC2)C2=CCN(C)CC2)ccc1-c1nc2c(C)cc(Cl)cc2[nH]1. The molecule has 0 aliphatic carbocycles. The van der Waals surface area contributed by atoms with Gasteiger partial charge in [0.15, 0.2) is 0 Å². The highest BCUT2D eigenvalue weighted by molar-refractivity contribution is 6.31. The zero-order valence-corrected chi connectivity index (χ0v) is 22.7. The van der Waals surface area contributed by atoms with Crippen molar-refractivity contribution in [1.82, 2.24) is 19.8 Å². The minimum absolute atomic E-state index is 0.112. The Morgan fingerprint density at radius 3 is 2.47 bits per heavy atom. The molecular weight excluding hydrogens is 468 g/mol. The lowest BCUT2D eigenvalue weighted by Crippen LogP contribution is -2.30. The summed E-state index contributed by atoms with van der Waals surface area (Å²) in [4.78, 5) is 13.1. The lowest BCUT2D eigenvalue weighted by Gasteiger charge is -2.29. The molecule has 0 fully saturated rings. The van der Waals surface area contributed by atoms with Gasteiger partial charge in [-0.3, -0.25) is 0 Å². The number of nitrogens with one attached hydrogen (secondary N) is 1. The largest absolute Gasteiger partial charge is 0.486 e. The number of likely N-dealkylation sites (N-methyl/N-ethyl adjacent to an activating group) is 2. The van der Waals surface area contributed by atoms with Gasteiger partial charge in [0.05, 0.1) is 11.0 Å². The first-order chi connectivity index (χ1) is 17.4. The summed E-state index contributed by atoms with van der Waals surface area (Å²) in [7, 11) is 4.37. The fraction of sp³-hybridized carbons (Fsp3) is 0.433. The van der Waals surface area contributed by atoms with E-state index in [-0.39, 0.29) is 6.10 Å². The molecule has 2 aromatic carbocycles. The average molecular weight is 505 g/mol. The number of imidazole rings is 1. The molecule has 6 heteroatoms. The van der Waals surface area contributed by atoms with Crippen LogP contribution < -0.4 is 4.74 Å². The second-order valence-electron chi connectivity index (χ2n) is 10.5. The monoisotopic (exact) mass is 504 g/mol. The standard InChI is InChI=1S/C30H37ClN4O/c1-20-18-25(6-7-26(20)30-32-27-19-24(31)17-21(2)29(27)33-30)36-28(23-11-15-35(4)16-12-23)8-5-22-9-13-34(3)14-10-22/h6-7,9,11,17-19,28H,5,8,10,12-16H2,1-4H3,(H,32,33). The number of aromatic nitrogens is 2. The number of hydrogen-bond acceptors (Lipinski definition) is 4. The molecule has 5 rings (SSSR count). The van der Waals surface area contributed by atoms with Gasteiger partial charge in [-0.1, -0.05) is 29.3 Å². The first-order valence-corrected chi connectivity index (χ1v) is 13.4. The number of H-pyrrole nitrogens is 1. The number of hydrogen-bond donors (Lipinski definition) is 1. The van der Waals surface area contributed by atoms with E-state index in [0.717, 1.165) is 89.8 Å².